The average molecular weight is 742 g/mol. The van der Waals surface area contributed by atoms with E-state index in [1.165, 1.54) is 42.8 Å². The van der Waals surface area contributed by atoms with Crippen LogP contribution in [0.4, 0.5) is 0 Å². The molecule has 1 aliphatic rings. The fourth-order valence-corrected chi connectivity index (χ4v) is 8.86. The molecule has 2 atom stereocenters. The Morgan fingerprint density at radius 1 is 0.714 bits per heavy atom. The first kappa shape index (κ1) is 36.5. The summed E-state index contributed by atoms with van der Waals surface area (Å²) in [6.45, 7) is 12.6. The van der Waals surface area contributed by atoms with Crippen LogP contribution in [0.3, 0.4) is 0 Å². The molecular weight excluding hydrogens is 699 g/mol. The molecule has 2 aromatic heterocycles. The van der Waals surface area contributed by atoms with Crippen molar-refractivity contribution in [2.24, 2.45) is 5.92 Å². The number of rotatable bonds is 11. The second-order valence-electron chi connectivity index (χ2n) is 14.0. The molecule has 0 N–H and O–H groups in total. The Bertz CT molecular complexity index is 2680. The van der Waals surface area contributed by atoms with Gasteiger partial charge < -0.3 is 0 Å². The van der Waals surface area contributed by atoms with E-state index in [2.05, 4.69) is 161 Å². The first-order valence-electron chi connectivity index (χ1n) is 19.1. The summed E-state index contributed by atoms with van der Waals surface area (Å²) in [7, 11) is 0. The van der Waals surface area contributed by atoms with Crippen molar-refractivity contribution in [1.29, 1.82) is 0 Å². The van der Waals surface area contributed by atoms with Crippen molar-refractivity contribution >= 4 is 38.6 Å². The molecule has 0 saturated heterocycles. The SMILES string of the molecule is C=C/C=C\C(=C)c1cccc(-c2nc(-c3ccccc3)nc(-c3cccc4sc5c(c34)C(C)C(C/C=C\C(=C/C)c3ccccc3-c3ccccc3)C=C5)n2)c1. The minimum absolute atomic E-state index is 0.293. The number of hydrogen-bond donors (Lipinski definition) is 0. The molecule has 0 amide bonds. The van der Waals surface area contributed by atoms with Gasteiger partial charge in [0, 0.05) is 31.7 Å². The molecule has 4 heteroatoms. The molecule has 56 heavy (non-hydrogen) atoms. The van der Waals surface area contributed by atoms with E-state index in [4.69, 9.17) is 15.0 Å². The van der Waals surface area contributed by atoms with Crippen molar-refractivity contribution in [3.05, 3.63) is 205 Å². The monoisotopic (exact) mass is 741 g/mol. The second-order valence-corrected chi connectivity index (χ2v) is 15.1. The van der Waals surface area contributed by atoms with Gasteiger partial charge in [-0.1, -0.05) is 178 Å². The molecule has 3 nitrogen and oxygen atoms in total. The van der Waals surface area contributed by atoms with Crippen molar-refractivity contribution in [2.75, 3.05) is 0 Å². The third-order valence-electron chi connectivity index (χ3n) is 10.5. The van der Waals surface area contributed by atoms with Crippen molar-refractivity contribution in [3.8, 4) is 45.3 Å². The van der Waals surface area contributed by atoms with E-state index in [1.54, 1.807) is 6.08 Å². The summed E-state index contributed by atoms with van der Waals surface area (Å²) in [5, 5.41) is 1.23. The highest BCUT2D eigenvalue weighted by Crippen LogP contribution is 2.47. The summed E-state index contributed by atoms with van der Waals surface area (Å²) in [6.07, 6.45) is 18.1. The molecule has 7 aromatic rings. The lowest BCUT2D eigenvalue weighted by Gasteiger charge is -2.25. The van der Waals surface area contributed by atoms with Gasteiger partial charge in [0.25, 0.3) is 0 Å². The summed E-state index contributed by atoms with van der Waals surface area (Å²) < 4.78 is 1.24. The number of fused-ring (bicyclic) bond motifs is 3. The van der Waals surface area contributed by atoms with Crippen LogP contribution in [0, 0.1) is 5.92 Å². The van der Waals surface area contributed by atoms with Crippen molar-refractivity contribution in [1.82, 2.24) is 15.0 Å². The predicted molar refractivity (Wildman–Crippen MR) is 240 cm³/mol. The van der Waals surface area contributed by atoms with E-state index in [1.807, 2.05) is 47.8 Å². The van der Waals surface area contributed by atoms with Gasteiger partial charge in [0.15, 0.2) is 17.5 Å². The molecule has 8 rings (SSSR count). The van der Waals surface area contributed by atoms with Gasteiger partial charge in [-0.2, -0.15) is 0 Å². The van der Waals surface area contributed by atoms with E-state index in [0.29, 0.717) is 29.3 Å². The molecule has 0 bridgehead atoms. The number of benzene rings is 5. The Kier molecular flexibility index (Phi) is 10.7. The molecule has 2 unspecified atom stereocenters. The standard InChI is InChI=1S/C52H43N3S/c1-5-7-19-35(3)41-26-17-27-42(34-41)51-53-50(40-22-12-9-13-23-40)54-52(55-51)45-30-18-31-46-49(45)48-36(4)38(32-33-47(48)56-46)25-16-24-37(6-2)43-28-14-15-29-44(43)39-20-10-8-11-21-39/h5-24,26-34,36,38H,1,3,25H2,2,4H3/b19-7-,24-16-,37-6+. The minimum Gasteiger partial charge on any atom is -0.208 e. The van der Waals surface area contributed by atoms with Gasteiger partial charge in [0.05, 0.1) is 0 Å². The van der Waals surface area contributed by atoms with E-state index in [-0.39, 0.29) is 0 Å². The van der Waals surface area contributed by atoms with E-state index in [9.17, 15) is 0 Å². The maximum atomic E-state index is 5.20. The molecule has 2 heterocycles. The van der Waals surface area contributed by atoms with Crippen LogP contribution in [-0.2, 0) is 0 Å². The summed E-state index contributed by atoms with van der Waals surface area (Å²) in [5.41, 5.74) is 11.1. The van der Waals surface area contributed by atoms with E-state index >= 15 is 0 Å². The summed E-state index contributed by atoms with van der Waals surface area (Å²) in [5.74, 6) is 2.58. The van der Waals surface area contributed by atoms with Crippen LogP contribution in [0.2, 0.25) is 0 Å². The van der Waals surface area contributed by atoms with Gasteiger partial charge >= 0.3 is 0 Å². The fraction of sp³-hybridized carbons (Fsp3) is 0.0962. The van der Waals surface area contributed by atoms with Gasteiger partial charge in [0.2, 0.25) is 0 Å². The molecule has 1 aliphatic carbocycles. The molecule has 0 fully saturated rings. The Morgan fingerprint density at radius 2 is 1.38 bits per heavy atom. The second kappa shape index (κ2) is 16.5. The van der Waals surface area contributed by atoms with Crippen LogP contribution in [0.1, 0.15) is 47.8 Å². The third kappa shape index (κ3) is 7.44. The van der Waals surface area contributed by atoms with Gasteiger partial charge in [-0.05, 0) is 82.4 Å². The van der Waals surface area contributed by atoms with E-state index in [0.717, 1.165) is 34.2 Å². The molecule has 0 spiro atoms. The van der Waals surface area contributed by atoms with Crippen LogP contribution in [0.25, 0.3) is 72.6 Å². The zero-order valence-electron chi connectivity index (χ0n) is 31.8. The van der Waals surface area contributed by atoms with Crippen molar-refractivity contribution < 1.29 is 0 Å². The average Bonchev–Trinajstić information content (AvgIpc) is 3.65. The van der Waals surface area contributed by atoms with Crippen LogP contribution < -0.4 is 0 Å². The first-order chi connectivity index (χ1) is 27.5. The highest BCUT2D eigenvalue weighted by molar-refractivity contribution is 7.20. The minimum atomic E-state index is 0.293. The lowest BCUT2D eigenvalue weighted by molar-refractivity contribution is 0.548. The number of thiophene rings is 1. The third-order valence-corrected chi connectivity index (χ3v) is 11.7. The normalized spacial score (nSPS) is 15.4. The summed E-state index contributed by atoms with van der Waals surface area (Å²) >= 11 is 1.85. The highest BCUT2D eigenvalue weighted by atomic mass is 32.1. The quantitative estimate of drug-likeness (QED) is 0.124. The maximum absolute atomic E-state index is 5.20. The Labute approximate surface area is 334 Å². The number of hydrogen-bond acceptors (Lipinski definition) is 4. The zero-order chi connectivity index (χ0) is 38.4. The molecule has 0 saturated carbocycles. The molecule has 0 radical (unpaired) electrons. The van der Waals surface area contributed by atoms with Gasteiger partial charge in [-0.25, -0.2) is 15.0 Å². The molecule has 5 aromatic carbocycles. The van der Waals surface area contributed by atoms with Crippen LogP contribution in [-0.4, -0.2) is 15.0 Å². The van der Waals surface area contributed by atoms with Crippen LogP contribution in [0.5, 0.6) is 0 Å². The lowest BCUT2D eigenvalue weighted by Crippen LogP contribution is -2.11. The number of aromatic nitrogens is 3. The molecule has 272 valence electrons. The predicted octanol–water partition coefficient (Wildman–Crippen LogP) is 14.3. The lowest BCUT2D eigenvalue weighted by atomic mass is 9.79. The maximum Gasteiger partial charge on any atom is 0.164 e. The topological polar surface area (TPSA) is 38.7 Å². The van der Waals surface area contributed by atoms with Gasteiger partial charge in [0.1, 0.15) is 0 Å². The number of allylic oxidation sites excluding steroid dienone is 9. The van der Waals surface area contributed by atoms with Crippen molar-refractivity contribution in [2.45, 2.75) is 26.2 Å². The Hall–Kier alpha value is -6.49. The molecule has 0 aliphatic heterocycles. The summed E-state index contributed by atoms with van der Waals surface area (Å²) in [6, 6.07) is 44.3. The Balaban J connectivity index is 1.15. The smallest absolute Gasteiger partial charge is 0.164 e. The van der Waals surface area contributed by atoms with Crippen molar-refractivity contribution in [3.63, 3.8) is 0 Å². The fourth-order valence-electron chi connectivity index (χ4n) is 7.61. The van der Waals surface area contributed by atoms with Gasteiger partial charge in [-0.15, -0.1) is 11.3 Å². The van der Waals surface area contributed by atoms with E-state index < -0.39 is 0 Å². The van der Waals surface area contributed by atoms with Crippen LogP contribution >= 0.6 is 11.3 Å². The largest absolute Gasteiger partial charge is 0.208 e. The molecular formula is C52H43N3S. The van der Waals surface area contributed by atoms with Crippen LogP contribution in [0.15, 0.2) is 183 Å². The first-order valence-corrected chi connectivity index (χ1v) is 20.0. The van der Waals surface area contributed by atoms with Gasteiger partial charge in [-0.3, -0.25) is 0 Å². The Morgan fingerprint density at radius 3 is 2.14 bits per heavy atom. The highest BCUT2D eigenvalue weighted by Gasteiger charge is 2.28. The number of nitrogens with zero attached hydrogens (tertiary/aromatic N) is 3. The zero-order valence-corrected chi connectivity index (χ0v) is 32.6. The summed E-state index contributed by atoms with van der Waals surface area (Å²) in [4.78, 5) is 16.7.